The van der Waals surface area contributed by atoms with Crippen molar-refractivity contribution in [3.8, 4) is 0 Å². The van der Waals surface area contributed by atoms with E-state index in [1.54, 1.807) is 21.8 Å². The SMILES string of the molecule is CCCCS(=O)(=O)N1CCC(N(Cc2cccs2)C(=O)c2cc3ccccc3cn2)CC1. The van der Waals surface area contributed by atoms with Crippen molar-refractivity contribution in [2.24, 2.45) is 0 Å². The number of nitrogens with zero attached hydrogens (tertiary/aromatic N) is 3. The van der Waals surface area contributed by atoms with Gasteiger partial charge in [-0.3, -0.25) is 9.78 Å². The first-order valence-electron chi connectivity index (χ1n) is 11.1. The number of amides is 1. The number of unbranched alkanes of at least 4 members (excludes halogenated alkanes) is 1. The maximum Gasteiger partial charge on any atom is 0.273 e. The Morgan fingerprint density at radius 3 is 2.59 bits per heavy atom. The van der Waals surface area contributed by atoms with E-state index in [-0.39, 0.29) is 17.7 Å². The number of carbonyl (C=O) groups excluding carboxylic acids is 1. The molecule has 0 spiro atoms. The van der Waals surface area contributed by atoms with Gasteiger partial charge in [-0.15, -0.1) is 11.3 Å². The number of hydrogen-bond acceptors (Lipinski definition) is 5. The lowest BCUT2D eigenvalue weighted by Gasteiger charge is -2.38. The van der Waals surface area contributed by atoms with Crippen molar-refractivity contribution >= 4 is 38.0 Å². The fourth-order valence-corrected chi connectivity index (χ4v) is 6.55. The van der Waals surface area contributed by atoms with Crippen LogP contribution in [0.5, 0.6) is 0 Å². The van der Waals surface area contributed by atoms with E-state index in [1.165, 1.54) is 0 Å². The van der Waals surface area contributed by atoms with Crippen LogP contribution in [0, 0.1) is 0 Å². The zero-order valence-electron chi connectivity index (χ0n) is 18.3. The molecular formula is C24H29N3O3S2. The maximum atomic E-state index is 13.6. The van der Waals surface area contributed by atoms with Gasteiger partial charge in [-0.2, -0.15) is 0 Å². The highest BCUT2D eigenvalue weighted by molar-refractivity contribution is 7.89. The van der Waals surface area contributed by atoms with Crippen LogP contribution < -0.4 is 0 Å². The van der Waals surface area contributed by atoms with Crippen LogP contribution in [0.25, 0.3) is 10.8 Å². The summed E-state index contributed by atoms with van der Waals surface area (Å²) in [7, 11) is -3.22. The molecule has 1 amide bonds. The molecule has 170 valence electrons. The van der Waals surface area contributed by atoms with Gasteiger partial charge in [-0.05, 0) is 42.2 Å². The number of sulfonamides is 1. The highest BCUT2D eigenvalue weighted by atomic mass is 32.2. The summed E-state index contributed by atoms with van der Waals surface area (Å²) in [4.78, 5) is 21.0. The Bertz CT molecular complexity index is 1150. The van der Waals surface area contributed by atoms with E-state index in [4.69, 9.17) is 0 Å². The summed E-state index contributed by atoms with van der Waals surface area (Å²) in [5.74, 6) is 0.101. The van der Waals surface area contributed by atoms with Gasteiger partial charge in [0.2, 0.25) is 10.0 Å². The lowest BCUT2D eigenvalue weighted by atomic mass is 10.0. The van der Waals surface area contributed by atoms with Crippen molar-refractivity contribution < 1.29 is 13.2 Å². The zero-order valence-corrected chi connectivity index (χ0v) is 19.9. The number of thiophene rings is 1. The Balaban J connectivity index is 1.54. The number of aromatic nitrogens is 1. The minimum absolute atomic E-state index is 0.0181. The molecule has 2 aromatic heterocycles. The number of rotatable bonds is 8. The molecule has 4 rings (SSSR count). The van der Waals surface area contributed by atoms with Crippen molar-refractivity contribution in [3.63, 3.8) is 0 Å². The molecule has 0 saturated carbocycles. The molecule has 3 heterocycles. The van der Waals surface area contributed by atoms with Gasteiger partial charge in [-0.25, -0.2) is 12.7 Å². The smallest absolute Gasteiger partial charge is 0.273 e. The summed E-state index contributed by atoms with van der Waals surface area (Å²) in [6.45, 7) is 3.42. The minimum Gasteiger partial charge on any atom is -0.329 e. The Kier molecular flexibility index (Phi) is 7.23. The average molecular weight is 472 g/mol. The normalized spacial score (nSPS) is 15.8. The van der Waals surface area contributed by atoms with Gasteiger partial charge in [0.05, 0.1) is 12.3 Å². The van der Waals surface area contributed by atoms with E-state index < -0.39 is 10.0 Å². The van der Waals surface area contributed by atoms with Gasteiger partial charge < -0.3 is 4.90 Å². The molecule has 0 atom stereocenters. The lowest BCUT2D eigenvalue weighted by molar-refractivity contribution is 0.0593. The second kappa shape index (κ2) is 10.1. The lowest BCUT2D eigenvalue weighted by Crippen LogP contribution is -2.49. The van der Waals surface area contributed by atoms with Crippen molar-refractivity contribution in [3.05, 3.63) is 64.6 Å². The Morgan fingerprint density at radius 2 is 1.91 bits per heavy atom. The second-order valence-electron chi connectivity index (χ2n) is 8.23. The van der Waals surface area contributed by atoms with E-state index >= 15 is 0 Å². The van der Waals surface area contributed by atoms with Crippen LogP contribution in [0.3, 0.4) is 0 Å². The third kappa shape index (κ3) is 5.19. The van der Waals surface area contributed by atoms with Crippen LogP contribution in [0.4, 0.5) is 0 Å². The van der Waals surface area contributed by atoms with Crippen LogP contribution in [-0.2, 0) is 16.6 Å². The first-order chi connectivity index (χ1) is 15.5. The summed E-state index contributed by atoms with van der Waals surface area (Å²) < 4.78 is 26.8. The first kappa shape index (κ1) is 22.9. The molecule has 6 nitrogen and oxygen atoms in total. The third-order valence-electron chi connectivity index (χ3n) is 6.03. The molecule has 1 saturated heterocycles. The van der Waals surface area contributed by atoms with Crippen LogP contribution in [0.1, 0.15) is 48.0 Å². The average Bonchev–Trinajstić information content (AvgIpc) is 3.34. The molecule has 1 aliphatic rings. The number of piperidine rings is 1. The van der Waals surface area contributed by atoms with Gasteiger partial charge in [0.25, 0.3) is 5.91 Å². The predicted molar refractivity (Wildman–Crippen MR) is 129 cm³/mol. The van der Waals surface area contributed by atoms with Gasteiger partial charge in [0, 0.05) is 35.6 Å². The maximum absolute atomic E-state index is 13.6. The molecule has 0 radical (unpaired) electrons. The molecule has 8 heteroatoms. The summed E-state index contributed by atoms with van der Waals surface area (Å²) in [6, 6.07) is 13.7. The monoisotopic (exact) mass is 471 g/mol. The van der Waals surface area contributed by atoms with Crippen molar-refractivity contribution in [2.75, 3.05) is 18.8 Å². The number of benzene rings is 1. The van der Waals surface area contributed by atoms with E-state index in [1.807, 2.05) is 59.7 Å². The predicted octanol–water partition coefficient (Wildman–Crippen LogP) is 4.53. The third-order valence-corrected chi connectivity index (χ3v) is 8.85. The minimum atomic E-state index is -3.22. The zero-order chi connectivity index (χ0) is 22.6. The van der Waals surface area contributed by atoms with Crippen molar-refractivity contribution in [1.29, 1.82) is 0 Å². The Hall–Kier alpha value is -2.29. The van der Waals surface area contributed by atoms with E-state index in [9.17, 15) is 13.2 Å². The summed E-state index contributed by atoms with van der Waals surface area (Å²) >= 11 is 1.62. The van der Waals surface area contributed by atoms with E-state index in [2.05, 4.69) is 4.98 Å². The molecule has 1 fully saturated rings. The van der Waals surface area contributed by atoms with Crippen molar-refractivity contribution in [2.45, 2.75) is 45.2 Å². The largest absolute Gasteiger partial charge is 0.329 e. The Labute approximate surface area is 193 Å². The van der Waals surface area contributed by atoms with E-state index in [0.29, 0.717) is 44.6 Å². The molecule has 1 aromatic carbocycles. The van der Waals surface area contributed by atoms with Crippen LogP contribution in [0.15, 0.2) is 54.0 Å². The van der Waals surface area contributed by atoms with Gasteiger partial charge in [0.15, 0.2) is 0 Å². The van der Waals surface area contributed by atoms with Crippen LogP contribution >= 0.6 is 11.3 Å². The summed E-state index contributed by atoms with van der Waals surface area (Å²) in [5, 5.41) is 3.99. The molecule has 0 unspecified atom stereocenters. The Morgan fingerprint density at radius 1 is 1.16 bits per heavy atom. The fraction of sp³-hybridized carbons (Fsp3) is 0.417. The molecule has 3 aromatic rings. The second-order valence-corrected chi connectivity index (χ2v) is 11.3. The molecule has 32 heavy (non-hydrogen) atoms. The van der Waals surface area contributed by atoms with Crippen LogP contribution in [-0.4, -0.2) is 53.4 Å². The molecule has 1 aliphatic heterocycles. The molecule has 0 aliphatic carbocycles. The quantitative estimate of drug-likeness (QED) is 0.484. The van der Waals surface area contributed by atoms with Gasteiger partial charge >= 0.3 is 0 Å². The first-order valence-corrected chi connectivity index (χ1v) is 13.6. The molecular weight excluding hydrogens is 442 g/mol. The van der Waals surface area contributed by atoms with Crippen molar-refractivity contribution in [1.82, 2.24) is 14.2 Å². The standard InChI is InChI=1S/C24H29N3O3S2/c1-2-3-15-32(29,30)26-12-10-21(11-13-26)27(18-22-9-6-14-31-22)24(28)23-16-19-7-4-5-8-20(19)17-25-23/h4-9,14,16-17,21H,2-3,10-13,15,18H2,1H3. The van der Waals surface area contributed by atoms with Gasteiger partial charge in [-0.1, -0.05) is 43.7 Å². The van der Waals surface area contributed by atoms with E-state index in [0.717, 1.165) is 22.1 Å². The highest BCUT2D eigenvalue weighted by Gasteiger charge is 2.33. The number of pyridine rings is 1. The number of hydrogen-bond donors (Lipinski definition) is 0. The van der Waals surface area contributed by atoms with Gasteiger partial charge in [0.1, 0.15) is 5.69 Å². The summed E-state index contributed by atoms with van der Waals surface area (Å²) in [6.07, 6.45) is 4.55. The molecule has 0 bridgehead atoms. The van der Waals surface area contributed by atoms with Crippen LogP contribution in [0.2, 0.25) is 0 Å². The summed E-state index contributed by atoms with van der Waals surface area (Å²) in [5.41, 5.74) is 0.429. The number of carbonyl (C=O) groups is 1. The highest BCUT2D eigenvalue weighted by Crippen LogP contribution is 2.25. The number of fused-ring (bicyclic) bond motifs is 1. The molecule has 0 N–H and O–H groups in total. The topological polar surface area (TPSA) is 70.6 Å². The fourth-order valence-electron chi connectivity index (χ4n) is 4.17.